The summed E-state index contributed by atoms with van der Waals surface area (Å²) in [6.45, 7) is 8.60. The second-order valence-electron chi connectivity index (χ2n) is 5.80. The highest BCUT2D eigenvalue weighted by atomic mass is 32.2. The van der Waals surface area contributed by atoms with Crippen molar-refractivity contribution in [2.75, 3.05) is 32.7 Å². The highest BCUT2D eigenvalue weighted by Crippen LogP contribution is 2.21. The number of nitrogens with zero attached hydrogens (tertiary/aromatic N) is 1. The van der Waals surface area contributed by atoms with Crippen LogP contribution in [0.5, 0.6) is 0 Å². The molecule has 0 aromatic heterocycles. The molecule has 2 N–H and O–H groups in total. The van der Waals surface area contributed by atoms with Crippen molar-refractivity contribution < 1.29 is 13.2 Å². The number of aryl methyl sites for hydroxylation is 1. The zero-order chi connectivity index (χ0) is 17.0. The van der Waals surface area contributed by atoms with Gasteiger partial charge in [0.15, 0.2) is 0 Å². The molecule has 2 rings (SSSR count). The Morgan fingerprint density at radius 3 is 2.48 bits per heavy atom. The molecule has 1 heterocycles. The Morgan fingerprint density at radius 2 is 1.96 bits per heavy atom. The largest absolute Gasteiger partial charge is 0.352 e. The van der Waals surface area contributed by atoms with Crippen molar-refractivity contribution in [3.05, 3.63) is 29.3 Å². The molecule has 0 atom stereocenters. The summed E-state index contributed by atoms with van der Waals surface area (Å²) in [5.41, 5.74) is 1.03. The van der Waals surface area contributed by atoms with E-state index in [9.17, 15) is 13.2 Å². The number of benzene rings is 1. The number of hydrogen-bond acceptors (Lipinski definition) is 4. The molecule has 0 radical (unpaired) electrons. The average molecular weight is 339 g/mol. The van der Waals surface area contributed by atoms with Crippen molar-refractivity contribution in [2.24, 2.45) is 5.92 Å². The zero-order valence-electron chi connectivity index (χ0n) is 13.9. The molecule has 1 aromatic rings. The molecule has 1 saturated heterocycles. The number of carbonyl (C=O) groups is 1. The van der Waals surface area contributed by atoms with Crippen LogP contribution in [0, 0.1) is 12.8 Å². The van der Waals surface area contributed by atoms with Crippen LogP contribution in [-0.2, 0) is 10.0 Å². The summed E-state index contributed by atoms with van der Waals surface area (Å²) in [6, 6.07) is 4.85. The van der Waals surface area contributed by atoms with Crippen molar-refractivity contribution in [1.82, 2.24) is 14.9 Å². The van der Waals surface area contributed by atoms with Crippen LogP contribution in [-0.4, -0.2) is 51.4 Å². The number of sulfonamides is 1. The number of amides is 1. The average Bonchev–Trinajstić information content (AvgIpc) is 2.46. The highest BCUT2D eigenvalue weighted by Gasteiger charge is 2.25. The molecule has 7 heteroatoms. The molecule has 0 unspecified atom stereocenters. The lowest BCUT2D eigenvalue weighted by Gasteiger charge is -2.27. The minimum Gasteiger partial charge on any atom is -0.352 e. The van der Waals surface area contributed by atoms with Crippen molar-refractivity contribution in [3.63, 3.8) is 0 Å². The Hall–Kier alpha value is -1.44. The Morgan fingerprint density at radius 1 is 1.30 bits per heavy atom. The van der Waals surface area contributed by atoms with Gasteiger partial charge in [-0.2, -0.15) is 4.31 Å². The van der Waals surface area contributed by atoms with E-state index in [-0.39, 0.29) is 10.8 Å². The van der Waals surface area contributed by atoms with Crippen LogP contribution in [0.25, 0.3) is 0 Å². The molecular weight excluding hydrogens is 314 g/mol. The molecule has 0 bridgehead atoms. The second-order valence-corrected chi connectivity index (χ2v) is 7.71. The van der Waals surface area contributed by atoms with Crippen LogP contribution in [0.1, 0.15) is 29.8 Å². The highest BCUT2D eigenvalue weighted by molar-refractivity contribution is 7.89. The Bertz CT molecular complexity index is 665. The quantitative estimate of drug-likeness (QED) is 0.776. The topological polar surface area (TPSA) is 78.5 Å². The van der Waals surface area contributed by atoms with E-state index in [0.717, 1.165) is 13.1 Å². The maximum Gasteiger partial charge on any atom is 0.251 e. The number of carbonyl (C=O) groups excluding carboxylic acids is 1. The Kier molecular flexibility index (Phi) is 5.78. The lowest BCUT2D eigenvalue weighted by atomic mass is 10.0. The van der Waals surface area contributed by atoms with Gasteiger partial charge in [0.25, 0.3) is 5.91 Å². The van der Waals surface area contributed by atoms with Crippen LogP contribution < -0.4 is 10.6 Å². The fourth-order valence-electron chi connectivity index (χ4n) is 2.55. The summed E-state index contributed by atoms with van der Waals surface area (Å²) in [5.74, 6) is 0.233. The van der Waals surface area contributed by atoms with E-state index in [1.165, 1.54) is 10.4 Å². The molecule has 1 aliphatic rings. The van der Waals surface area contributed by atoms with Gasteiger partial charge in [-0.15, -0.1) is 0 Å². The molecule has 0 spiro atoms. The lowest BCUT2D eigenvalue weighted by molar-refractivity contribution is 0.0942. The molecule has 1 aliphatic heterocycles. The third-order valence-corrected chi connectivity index (χ3v) is 6.38. The number of rotatable bonds is 7. The van der Waals surface area contributed by atoms with E-state index in [4.69, 9.17) is 0 Å². The van der Waals surface area contributed by atoms with E-state index in [1.807, 2.05) is 0 Å². The van der Waals surface area contributed by atoms with Gasteiger partial charge in [-0.3, -0.25) is 4.79 Å². The summed E-state index contributed by atoms with van der Waals surface area (Å²) < 4.78 is 26.8. The van der Waals surface area contributed by atoms with Gasteiger partial charge in [-0.05, 0) is 24.6 Å². The molecule has 0 saturated carbocycles. The van der Waals surface area contributed by atoms with E-state index in [0.29, 0.717) is 36.7 Å². The zero-order valence-corrected chi connectivity index (χ0v) is 14.7. The van der Waals surface area contributed by atoms with Crippen molar-refractivity contribution >= 4 is 15.9 Å². The fraction of sp³-hybridized carbons (Fsp3) is 0.562. The van der Waals surface area contributed by atoms with Gasteiger partial charge in [-0.1, -0.05) is 19.9 Å². The van der Waals surface area contributed by atoms with Gasteiger partial charge < -0.3 is 10.6 Å². The lowest BCUT2D eigenvalue weighted by Crippen LogP contribution is -2.48. The first kappa shape index (κ1) is 17.9. The summed E-state index contributed by atoms with van der Waals surface area (Å²) in [4.78, 5) is 12.5. The monoisotopic (exact) mass is 339 g/mol. The van der Waals surface area contributed by atoms with Crippen molar-refractivity contribution in [3.8, 4) is 0 Å². The third-order valence-electron chi connectivity index (χ3n) is 4.19. The summed E-state index contributed by atoms with van der Waals surface area (Å²) in [7, 11) is -3.57. The molecule has 1 fully saturated rings. The van der Waals surface area contributed by atoms with Gasteiger partial charge in [-0.25, -0.2) is 8.42 Å². The Labute approximate surface area is 138 Å². The first-order chi connectivity index (χ1) is 10.9. The number of hydrogen-bond donors (Lipinski definition) is 2. The van der Waals surface area contributed by atoms with E-state index < -0.39 is 10.0 Å². The van der Waals surface area contributed by atoms with E-state index in [1.54, 1.807) is 32.9 Å². The first-order valence-corrected chi connectivity index (χ1v) is 9.43. The first-order valence-electron chi connectivity index (χ1n) is 7.99. The minimum atomic E-state index is -3.57. The number of nitrogens with one attached hydrogen (secondary N) is 2. The predicted octanol–water partition coefficient (Wildman–Crippen LogP) is 0.975. The van der Waals surface area contributed by atoms with Gasteiger partial charge >= 0.3 is 0 Å². The maximum absolute atomic E-state index is 12.7. The second kappa shape index (κ2) is 7.42. The molecule has 0 aliphatic carbocycles. The predicted molar refractivity (Wildman–Crippen MR) is 90.0 cm³/mol. The minimum absolute atomic E-state index is 0.208. The fourth-order valence-corrected chi connectivity index (χ4v) is 4.26. The molecule has 128 valence electrons. The van der Waals surface area contributed by atoms with Crippen molar-refractivity contribution in [1.29, 1.82) is 0 Å². The van der Waals surface area contributed by atoms with Gasteiger partial charge in [0.2, 0.25) is 10.0 Å². The van der Waals surface area contributed by atoms with E-state index >= 15 is 0 Å². The van der Waals surface area contributed by atoms with Gasteiger partial charge in [0.1, 0.15) is 0 Å². The molecule has 6 nitrogen and oxygen atoms in total. The molecule has 1 amide bonds. The normalized spacial score (nSPS) is 15.5. The molecular formula is C16H25N3O3S. The van der Waals surface area contributed by atoms with Crippen LogP contribution in [0.15, 0.2) is 23.1 Å². The van der Waals surface area contributed by atoms with Crippen LogP contribution in [0.2, 0.25) is 0 Å². The SMILES string of the molecule is CCN(CC)S(=O)(=O)c1cc(C(=O)NCC2CNC2)ccc1C. The summed E-state index contributed by atoms with van der Waals surface area (Å²) in [5, 5.41) is 6.02. The van der Waals surface area contributed by atoms with Crippen LogP contribution >= 0.6 is 0 Å². The standard InChI is InChI=1S/C16H25N3O3S/c1-4-19(5-2)23(21,22)15-8-14(7-6-12(15)3)16(20)18-11-13-9-17-10-13/h6-8,13,17H,4-5,9-11H2,1-3H3,(H,18,20). The molecule has 23 heavy (non-hydrogen) atoms. The van der Waals surface area contributed by atoms with Crippen LogP contribution in [0.4, 0.5) is 0 Å². The smallest absolute Gasteiger partial charge is 0.251 e. The van der Waals surface area contributed by atoms with Crippen molar-refractivity contribution in [2.45, 2.75) is 25.7 Å². The van der Waals surface area contributed by atoms with Gasteiger partial charge in [0, 0.05) is 44.2 Å². The third kappa shape index (κ3) is 3.91. The summed E-state index contributed by atoms with van der Waals surface area (Å²) in [6.07, 6.45) is 0. The van der Waals surface area contributed by atoms with Gasteiger partial charge in [0.05, 0.1) is 4.90 Å². The maximum atomic E-state index is 12.7. The van der Waals surface area contributed by atoms with Crippen LogP contribution in [0.3, 0.4) is 0 Å². The molecule has 1 aromatic carbocycles. The van der Waals surface area contributed by atoms with E-state index in [2.05, 4.69) is 10.6 Å². The summed E-state index contributed by atoms with van der Waals surface area (Å²) >= 11 is 0. The Balaban J connectivity index is 2.22.